The number of rotatable bonds is 6. The van der Waals surface area contributed by atoms with E-state index in [4.69, 9.17) is 0 Å². The Morgan fingerprint density at radius 1 is 1.32 bits per heavy atom. The molecule has 0 aliphatic rings. The van der Waals surface area contributed by atoms with Crippen LogP contribution in [0.4, 0.5) is 5.13 Å². The zero-order valence-corrected chi connectivity index (χ0v) is 15.9. The van der Waals surface area contributed by atoms with Gasteiger partial charge in [-0.15, -0.1) is 21.5 Å². The van der Waals surface area contributed by atoms with Gasteiger partial charge in [-0.3, -0.25) is 9.36 Å². The number of nitrogens with zero attached hydrogens (tertiary/aromatic N) is 4. The molecule has 1 amide bonds. The van der Waals surface area contributed by atoms with Crippen LogP contribution < -0.4 is 5.32 Å². The molecule has 8 heteroatoms. The number of nitrogens with one attached hydrogen (secondary N) is 1. The van der Waals surface area contributed by atoms with Crippen molar-refractivity contribution in [3.63, 3.8) is 0 Å². The smallest absolute Gasteiger partial charge is 0.236 e. The van der Waals surface area contributed by atoms with Gasteiger partial charge in [0.15, 0.2) is 10.3 Å². The van der Waals surface area contributed by atoms with Crippen LogP contribution in [0.15, 0.2) is 41.9 Å². The molecule has 0 fully saturated rings. The van der Waals surface area contributed by atoms with Gasteiger partial charge < -0.3 is 5.32 Å². The average molecular weight is 374 g/mol. The van der Waals surface area contributed by atoms with E-state index in [1.165, 1.54) is 28.7 Å². The van der Waals surface area contributed by atoms with Gasteiger partial charge in [-0.05, 0) is 30.5 Å². The second kappa shape index (κ2) is 7.79. The summed E-state index contributed by atoms with van der Waals surface area (Å²) in [5, 5.41) is 12.2. The Balaban J connectivity index is 1.64. The van der Waals surface area contributed by atoms with Crippen LogP contribution in [-0.4, -0.2) is 31.4 Å². The van der Waals surface area contributed by atoms with Crippen LogP contribution >= 0.6 is 23.1 Å². The van der Waals surface area contributed by atoms with Crippen molar-refractivity contribution >= 4 is 34.1 Å². The molecular formula is C17H19N5OS2. The SMILES string of the molecule is Cc1cnc(NC(=O)CSc2nncn2-c2ccc(C(C)C)cc2)s1. The second-order valence-electron chi connectivity index (χ2n) is 5.84. The van der Waals surface area contributed by atoms with Crippen molar-refractivity contribution in [1.82, 2.24) is 19.7 Å². The lowest BCUT2D eigenvalue weighted by Gasteiger charge is -2.09. The standard InChI is InChI=1S/C17H19N5OS2/c1-11(2)13-4-6-14(7-5-13)22-10-19-21-17(22)24-9-15(23)20-16-18-8-12(3)25-16/h4-8,10-11H,9H2,1-3H3,(H,18,20,23). The minimum Gasteiger partial charge on any atom is -0.301 e. The fourth-order valence-electron chi connectivity index (χ4n) is 2.22. The van der Waals surface area contributed by atoms with Gasteiger partial charge in [0.05, 0.1) is 5.75 Å². The molecule has 6 nitrogen and oxygen atoms in total. The zero-order valence-electron chi connectivity index (χ0n) is 14.3. The predicted molar refractivity (Wildman–Crippen MR) is 102 cm³/mol. The number of thiazole rings is 1. The molecule has 2 heterocycles. The zero-order chi connectivity index (χ0) is 17.8. The number of anilines is 1. The van der Waals surface area contributed by atoms with Gasteiger partial charge >= 0.3 is 0 Å². The van der Waals surface area contributed by atoms with Crippen LogP contribution in [0.2, 0.25) is 0 Å². The first kappa shape index (κ1) is 17.6. The van der Waals surface area contributed by atoms with Gasteiger partial charge in [-0.2, -0.15) is 0 Å². The first-order chi connectivity index (χ1) is 12.0. The molecule has 0 bridgehead atoms. The molecule has 0 unspecified atom stereocenters. The highest BCUT2D eigenvalue weighted by Crippen LogP contribution is 2.22. The van der Waals surface area contributed by atoms with E-state index in [-0.39, 0.29) is 11.7 Å². The molecule has 0 spiro atoms. The quantitative estimate of drug-likeness (QED) is 0.664. The van der Waals surface area contributed by atoms with Crippen molar-refractivity contribution in [2.24, 2.45) is 0 Å². The second-order valence-corrected chi connectivity index (χ2v) is 8.02. The van der Waals surface area contributed by atoms with E-state index in [1.54, 1.807) is 12.5 Å². The minimum atomic E-state index is -0.107. The van der Waals surface area contributed by atoms with Crippen LogP contribution in [0, 0.1) is 6.92 Å². The number of hydrogen-bond acceptors (Lipinski definition) is 6. The first-order valence-corrected chi connectivity index (χ1v) is 9.68. The van der Waals surface area contributed by atoms with E-state index in [2.05, 4.69) is 46.5 Å². The molecule has 2 aromatic heterocycles. The van der Waals surface area contributed by atoms with Gasteiger partial charge in [-0.1, -0.05) is 37.7 Å². The monoisotopic (exact) mass is 373 g/mol. The molecule has 0 aliphatic carbocycles. The van der Waals surface area contributed by atoms with Crippen molar-refractivity contribution in [3.8, 4) is 5.69 Å². The van der Waals surface area contributed by atoms with Crippen molar-refractivity contribution in [2.75, 3.05) is 11.1 Å². The molecule has 130 valence electrons. The third-order valence-corrected chi connectivity index (χ3v) is 5.33. The summed E-state index contributed by atoms with van der Waals surface area (Å²) in [7, 11) is 0. The number of thioether (sulfide) groups is 1. The molecule has 0 aliphatic heterocycles. The lowest BCUT2D eigenvalue weighted by molar-refractivity contribution is -0.113. The van der Waals surface area contributed by atoms with Gasteiger partial charge in [0.25, 0.3) is 0 Å². The first-order valence-electron chi connectivity index (χ1n) is 7.88. The van der Waals surface area contributed by atoms with Gasteiger partial charge in [0, 0.05) is 16.8 Å². The van der Waals surface area contributed by atoms with Crippen LogP contribution in [-0.2, 0) is 4.79 Å². The summed E-state index contributed by atoms with van der Waals surface area (Å²) >= 11 is 2.80. The Morgan fingerprint density at radius 2 is 2.08 bits per heavy atom. The fourth-order valence-corrected chi connectivity index (χ4v) is 3.63. The summed E-state index contributed by atoms with van der Waals surface area (Å²) in [4.78, 5) is 17.3. The summed E-state index contributed by atoms with van der Waals surface area (Å²) in [5.74, 6) is 0.632. The molecule has 1 aromatic carbocycles. The normalized spacial score (nSPS) is 11.0. The Labute approximate surface area is 154 Å². The van der Waals surface area contributed by atoms with Crippen LogP contribution in [0.1, 0.15) is 30.2 Å². The third-order valence-electron chi connectivity index (χ3n) is 3.55. The Hall–Kier alpha value is -2.19. The number of aryl methyl sites for hydroxylation is 1. The van der Waals surface area contributed by atoms with Crippen LogP contribution in [0.3, 0.4) is 0 Å². The highest BCUT2D eigenvalue weighted by Gasteiger charge is 2.11. The molecule has 0 atom stereocenters. The number of aromatic nitrogens is 4. The maximum atomic E-state index is 12.1. The van der Waals surface area contributed by atoms with Crippen molar-refractivity contribution in [1.29, 1.82) is 0 Å². The summed E-state index contributed by atoms with van der Waals surface area (Å²) < 4.78 is 1.88. The van der Waals surface area contributed by atoms with Crippen molar-refractivity contribution < 1.29 is 4.79 Å². The highest BCUT2D eigenvalue weighted by molar-refractivity contribution is 7.99. The van der Waals surface area contributed by atoms with E-state index in [9.17, 15) is 4.79 Å². The predicted octanol–water partition coefficient (Wildman–Crippen LogP) is 3.89. The Bertz CT molecular complexity index is 854. The number of amides is 1. The van der Waals surface area contributed by atoms with Crippen LogP contribution in [0.25, 0.3) is 5.69 Å². The lowest BCUT2D eigenvalue weighted by atomic mass is 10.0. The van der Waals surface area contributed by atoms with Gasteiger partial charge in [0.1, 0.15) is 6.33 Å². The molecule has 0 saturated heterocycles. The molecule has 3 rings (SSSR count). The maximum absolute atomic E-state index is 12.1. The highest BCUT2D eigenvalue weighted by atomic mass is 32.2. The summed E-state index contributed by atoms with van der Waals surface area (Å²) in [6, 6.07) is 8.29. The molecular weight excluding hydrogens is 354 g/mol. The minimum absolute atomic E-state index is 0.107. The largest absolute Gasteiger partial charge is 0.301 e. The topological polar surface area (TPSA) is 72.7 Å². The average Bonchev–Trinajstić information content (AvgIpc) is 3.22. The molecule has 1 N–H and O–H groups in total. The van der Waals surface area contributed by atoms with E-state index < -0.39 is 0 Å². The maximum Gasteiger partial charge on any atom is 0.236 e. The van der Waals surface area contributed by atoms with Crippen LogP contribution in [0.5, 0.6) is 0 Å². The van der Waals surface area contributed by atoms with Crippen molar-refractivity contribution in [3.05, 3.63) is 47.2 Å². The molecule has 0 saturated carbocycles. The van der Waals surface area contributed by atoms with E-state index in [0.29, 0.717) is 16.2 Å². The molecule has 25 heavy (non-hydrogen) atoms. The van der Waals surface area contributed by atoms with Crippen molar-refractivity contribution in [2.45, 2.75) is 31.8 Å². The Morgan fingerprint density at radius 3 is 2.72 bits per heavy atom. The summed E-state index contributed by atoms with van der Waals surface area (Å²) in [5.41, 5.74) is 2.26. The molecule has 3 aromatic rings. The number of hydrogen-bond donors (Lipinski definition) is 1. The number of carbonyl (C=O) groups is 1. The van der Waals surface area contributed by atoms with Gasteiger partial charge in [0.2, 0.25) is 5.91 Å². The molecule has 0 radical (unpaired) electrons. The number of carbonyl (C=O) groups excluding carboxylic acids is 1. The van der Waals surface area contributed by atoms with E-state index in [0.717, 1.165) is 10.6 Å². The Kier molecular flexibility index (Phi) is 5.50. The van der Waals surface area contributed by atoms with E-state index >= 15 is 0 Å². The van der Waals surface area contributed by atoms with E-state index in [1.807, 2.05) is 23.6 Å². The third kappa shape index (κ3) is 4.46. The van der Waals surface area contributed by atoms with Gasteiger partial charge in [-0.25, -0.2) is 4.98 Å². The summed E-state index contributed by atoms with van der Waals surface area (Å²) in [6.45, 7) is 6.28. The fraction of sp³-hybridized carbons (Fsp3) is 0.294. The summed E-state index contributed by atoms with van der Waals surface area (Å²) in [6.07, 6.45) is 3.40. The number of benzene rings is 1. The lowest BCUT2D eigenvalue weighted by Crippen LogP contribution is -2.14.